The van der Waals surface area contributed by atoms with E-state index in [4.69, 9.17) is 16.7 Å². The van der Waals surface area contributed by atoms with Crippen LogP contribution in [0.5, 0.6) is 0 Å². The summed E-state index contributed by atoms with van der Waals surface area (Å²) in [5.41, 5.74) is 2.05. The normalized spacial score (nSPS) is 11.9. The molecule has 0 aliphatic heterocycles. The van der Waals surface area contributed by atoms with E-state index in [2.05, 4.69) is 30.7 Å². The van der Waals surface area contributed by atoms with Crippen molar-refractivity contribution in [1.29, 1.82) is 0 Å². The molecule has 0 bridgehead atoms. The zero-order valence-electron chi connectivity index (χ0n) is 14.2. The van der Waals surface area contributed by atoms with Crippen LogP contribution in [0, 0.1) is 5.82 Å². The maximum atomic E-state index is 13.3. The van der Waals surface area contributed by atoms with E-state index in [1.54, 1.807) is 12.3 Å². The summed E-state index contributed by atoms with van der Waals surface area (Å²) in [6.07, 6.45) is 2.20. The molecule has 1 aromatic carbocycles. The molecule has 0 atom stereocenters. The molecule has 2 heterocycles. The first-order chi connectivity index (χ1) is 13.1. The number of anilines is 1. The van der Waals surface area contributed by atoms with Gasteiger partial charge < -0.3 is 25.9 Å². The smallest absolute Gasteiger partial charge is 0.179 e. The summed E-state index contributed by atoms with van der Waals surface area (Å²) in [5, 5.41) is 27.6. The second-order valence-corrected chi connectivity index (χ2v) is 6.10. The van der Waals surface area contributed by atoms with Gasteiger partial charge in [0.2, 0.25) is 0 Å². The molecule has 0 saturated heterocycles. The molecule has 0 saturated carbocycles. The first-order valence-corrected chi connectivity index (χ1v) is 8.60. The minimum absolute atomic E-state index is 0.0463. The van der Waals surface area contributed by atoms with E-state index >= 15 is 0 Å². The maximum Gasteiger partial charge on any atom is 0.179 e. The van der Waals surface area contributed by atoms with Crippen molar-refractivity contribution in [2.75, 3.05) is 18.5 Å². The van der Waals surface area contributed by atoms with Crippen LogP contribution in [0.25, 0.3) is 11.2 Å². The van der Waals surface area contributed by atoms with Gasteiger partial charge in [0.25, 0.3) is 0 Å². The van der Waals surface area contributed by atoms with Crippen molar-refractivity contribution >= 4 is 34.3 Å². The molecule has 0 aliphatic rings. The Morgan fingerprint density at radius 2 is 2.19 bits per heavy atom. The van der Waals surface area contributed by atoms with E-state index in [9.17, 15) is 9.60 Å². The zero-order valence-corrected chi connectivity index (χ0v) is 15.0. The van der Waals surface area contributed by atoms with E-state index in [1.807, 2.05) is 0 Å². The third kappa shape index (κ3) is 4.51. The maximum absolute atomic E-state index is 13.3. The van der Waals surface area contributed by atoms with Crippen molar-refractivity contribution in [3.8, 4) is 0 Å². The van der Waals surface area contributed by atoms with Crippen LogP contribution in [0.4, 0.5) is 10.1 Å². The molecule has 8 nitrogen and oxygen atoms in total. The summed E-state index contributed by atoms with van der Waals surface area (Å²) in [5.74, 6) is 0.251. The molecule has 0 aliphatic carbocycles. The number of amidine groups is 1. The van der Waals surface area contributed by atoms with E-state index in [-0.39, 0.29) is 17.5 Å². The number of hydrogen-bond donors (Lipinski definition) is 5. The van der Waals surface area contributed by atoms with E-state index in [0.29, 0.717) is 47.7 Å². The average Bonchev–Trinajstić information content (AvgIpc) is 3.09. The molecule has 10 heteroatoms. The molecule has 0 unspecified atom stereocenters. The Balaban J connectivity index is 1.85. The highest BCUT2D eigenvalue weighted by molar-refractivity contribution is 6.31. The summed E-state index contributed by atoms with van der Waals surface area (Å²) >= 11 is 5.79. The lowest BCUT2D eigenvalue weighted by Gasteiger charge is -2.09. The molecule has 2 aromatic heterocycles. The van der Waals surface area contributed by atoms with Crippen molar-refractivity contribution in [2.45, 2.75) is 13.0 Å². The predicted molar refractivity (Wildman–Crippen MR) is 101 cm³/mol. The number of pyridine rings is 1. The molecule has 142 valence electrons. The van der Waals surface area contributed by atoms with Gasteiger partial charge in [-0.2, -0.15) is 0 Å². The summed E-state index contributed by atoms with van der Waals surface area (Å²) in [6.45, 7) is 1.25. The minimum Gasteiger partial charge on any atom is -0.409 e. The number of halogens is 2. The molecule has 3 aromatic rings. The van der Waals surface area contributed by atoms with Crippen LogP contribution in [-0.4, -0.2) is 44.3 Å². The third-order valence-electron chi connectivity index (χ3n) is 3.78. The quantitative estimate of drug-likeness (QED) is 0.138. The molecule has 0 amide bonds. The number of benzene rings is 1. The summed E-state index contributed by atoms with van der Waals surface area (Å²) in [7, 11) is 0. The van der Waals surface area contributed by atoms with Crippen molar-refractivity contribution in [2.24, 2.45) is 5.16 Å². The number of oxime groups is 1. The number of nitrogens with one attached hydrogen (secondary N) is 3. The Kier molecular flexibility index (Phi) is 6.17. The third-order valence-corrected chi connectivity index (χ3v) is 4.07. The fraction of sp³-hybridized carbons (Fsp3) is 0.235. The topological polar surface area (TPSA) is 118 Å². The average molecular weight is 393 g/mol. The largest absolute Gasteiger partial charge is 0.409 e. The van der Waals surface area contributed by atoms with Gasteiger partial charge in [-0.25, -0.2) is 14.4 Å². The Labute approximate surface area is 159 Å². The number of aromatic amines is 1. The van der Waals surface area contributed by atoms with Gasteiger partial charge in [0, 0.05) is 24.1 Å². The SMILES string of the molecule is OCCCNCc1nc2nccc(/C(=N\O)Nc3ccc(F)c(Cl)c3)c2[nH]1. The molecular formula is C17H18ClFN6O2. The van der Waals surface area contributed by atoms with Gasteiger partial charge in [-0.3, -0.25) is 0 Å². The van der Waals surface area contributed by atoms with Crippen molar-refractivity contribution < 1.29 is 14.7 Å². The van der Waals surface area contributed by atoms with Crippen LogP contribution in [-0.2, 0) is 6.54 Å². The number of imidazole rings is 1. The predicted octanol–water partition coefficient (Wildman–Crippen LogP) is 2.47. The molecule has 27 heavy (non-hydrogen) atoms. The Morgan fingerprint density at radius 1 is 1.33 bits per heavy atom. The number of rotatable bonds is 7. The van der Waals surface area contributed by atoms with Crippen LogP contribution in [0.2, 0.25) is 5.02 Å². The fourth-order valence-corrected chi connectivity index (χ4v) is 2.69. The lowest BCUT2D eigenvalue weighted by molar-refractivity contribution is 0.286. The van der Waals surface area contributed by atoms with Crippen LogP contribution in [0.15, 0.2) is 35.6 Å². The molecule has 0 spiro atoms. The van der Waals surface area contributed by atoms with Gasteiger partial charge in [0.05, 0.1) is 17.1 Å². The fourth-order valence-electron chi connectivity index (χ4n) is 2.51. The monoisotopic (exact) mass is 392 g/mol. The molecule has 0 fully saturated rings. The second kappa shape index (κ2) is 8.76. The number of aliphatic hydroxyl groups excluding tert-OH is 1. The summed E-state index contributed by atoms with van der Waals surface area (Å²) < 4.78 is 13.3. The minimum atomic E-state index is -0.539. The zero-order chi connectivity index (χ0) is 19.2. The summed E-state index contributed by atoms with van der Waals surface area (Å²) in [4.78, 5) is 11.8. The van der Waals surface area contributed by atoms with E-state index in [0.717, 1.165) is 0 Å². The number of nitrogens with zero attached hydrogens (tertiary/aromatic N) is 3. The number of aromatic nitrogens is 3. The molecule has 5 N–H and O–H groups in total. The van der Waals surface area contributed by atoms with Crippen molar-refractivity contribution in [1.82, 2.24) is 20.3 Å². The van der Waals surface area contributed by atoms with E-state index in [1.165, 1.54) is 18.2 Å². The lowest BCUT2D eigenvalue weighted by atomic mass is 10.2. The Hall–Kier alpha value is -2.75. The van der Waals surface area contributed by atoms with Gasteiger partial charge in [-0.1, -0.05) is 16.8 Å². The van der Waals surface area contributed by atoms with Crippen LogP contribution >= 0.6 is 11.6 Å². The first-order valence-electron chi connectivity index (χ1n) is 8.22. The number of fused-ring (bicyclic) bond motifs is 1. The molecule has 0 radical (unpaired) electrons. The van der Waals surface area contributed by atoms with E-state index < -0.39 is 5.82 Å². The van der Waals surface area contributed by atoms with Gasteiger partial charge >= 0.3 is 0 Å². The van der Waals surface area contributed by atoms with Crippen molar-refractivity contribution in [3.05, 3.63) is 52.7 Å². The van der Waals surface area contributed by atoms with Gasteiger partial charge in [0.15, 0.2) is 11.5 Å². The van der Waals surface area contributed by atoms with Gasteiger partial charge in [0.1, 0.15) is 11.6 Å². The number of aliphatic hydroxyl groups is 1. The van der Waals surface area contributed by atoms with Crippen LogP contribution in [0.3, 0.4) is 0 Å². The Morgan fingerprint density at radius 3 is 2.93 bits per heavy atom. The Bertz CT molecular complexity index is 962. The van der Waals surface area contributed by atoms with Crippen LogP contribution in [0.1, 0.15) is 17.8 Å². The standard InChI is InChI=1S/C17H18ClFN6O2/c18-12-8-10(2-3-13(12)19)22-16(25-27)11-4-6-21-17-15(11)23-14(24-17)9-20-5-1-7-26/h2-4,6,8,20,26-27H,1,5,7,9H2,(H,22,25)(H,21,23,24). The molecular weight excluding hydrogens is 375 g/mol. The number of hydrogen-bond acceptors (Lipinski definition) is 6. The lowest BCUT2D eigenvalue weighted by Crippen LogP contribution is -2.16. The highest BCUT2D eigenvalue weighted by Crippen LogP contribution is 2.21. The highest BCUT2D eigenvalue weighted by atomic mass is 35.5. The van der Waals surface area contributed by atoms with Gasteiger partial charge in [-0.05, 0) is 37.2 Å². The van der Waals surface area contributed by atoms with Gasteiger partial charge in [-0.15, -0.1) is 0 Å². The first kappa shape index (κ1) is 19.0. The second-order valence-electron chi connectivity index (χ2n) is 5.70. The van der Waals surface area contributed by atoms with Crippen LogP contribution < -0.4 is 10.6 Å². The summed E-state index contributed by atoms with van der Waals surface area (Å²) in [6, 6.07) is 5.75. The highest BCUT2D eigenvalue weighted by Gasteiger charge is 2.14. The van der Waals surface area contributed by atoms with Crippen molar-refractivity contribution in [3.63, 3.8) is 0 Å². The number of H-pyrrole nitrogens is 1. The molecule has 3 rings (SSSR count).